The number of hydrogen-bond acceptors (Lipinski definition) is 3. The first-order chi connectivity index (χ1) is 9.99. The maximum atomic E-state index is 12.0. The summed E-state index contributed by atoms with van der Waals surface area (Å²) < 4.78 is 4.58. The van der Waals surface area contributed by atoms with Gasteiger partial charge in [0.15, 0.2) is 0 Å². The Morgan fingerprint density at radius 1 is 1.43 bits per heavy atom. The van der Waals surface area contributed by atoms with E-state index in [0.717, 1.165) is 22.4 Å². The van der Waals surface area contributed by atoms with Crippen molar-refractivity contribution in [2.45, 2.75) is 46.3 Å². The van der Waals surface area contributed by atoms with Gasteiger partial charge < -0.3 is 5.32 Å². The molecule has 2 aromatic rings. The van der Waals surface area contributed by atoms with E-state index in [1.165, 1.54) is 0 Å². The molecule has 0 aromatic carbocycles. The molecular weight excluding hydrogens is 334 g/mol. The Labute approximate surface area is 132 Å². The molecular formula is C14H20BrN5O. The lowest BCUT2D eigenvalue weighted by Crippen LogP contribution is -2.27. The summed E-state index contributed by atoms with van der Waals surface area (Å²) in [5.41, 5.74) is 1.80. The van der Waals surface area contributed by atoms with E-state index in [2.05, 4.69) is 31.4 Å². The van der Waals surface area contributed by atoms with E-state index in [-0.39, 0.29) is 11.9 Å². The molecule has 0 saturated heterocycles. The smallest absolute Gasteiger partial charge is 0.222 e. The van der Waals surface area contributed by atoms with Crippen LogP contribution >= 0.6 is 15.9 Å². The first kappa shape index (κ1) is 15.8. The quantitative estimate of drug-likeness (QED) is 0.867. The lowest BCUT2D eigenvalue weighted by atomic mass is 10.2. The van der Waals surface area contributed by atoms with E-state index < -0.39 is 0 Å². The first-order valence-electron chi connectivity index (χ1n) is 7.02. The second-order valence-electron chi connectivity index (χ2n) is 4.96. The van der Waals surface area contributed by atoms with Gasteiger partial charge in [0, 0.05) is 31.9 Å². The van der Waals surface area contributed by atoms with Crippen molar-refractivity contribution in [3.8, 4) is 0 Å². The number of amides is 1. The van der Waals surface area contributed by atoms with Gasteiger partial charge in [0.2, 0.25) is 5.91 Å². The highest BCUT2D eigenvalue weighted by molar-refractivity contribution is 9.10. The lowest BCUT2D eigenvalue weighted by Gasteiger charge is -2.11. The van der Waals surface area contributed by atoms with Gasteiger partial charge in [-0.05, 0) is 42.8 Å². The molecule has 0 fully saturated rings. The highest BCUT2D eigenvalue weighted by Gasteiger charge is 2.12. The van der Waals surface area contributed by atoms with E-state index in [1.54, 1.807) is 4.68 Å². The number of aryl methyl sites for hydroxylation is 3. The standard InChI is InChI=1S/C14H20BrN5O/c1-4-19-7-5-13(18-19)11(3)16-14(21)6-8-20-9-12(15)10(2)17-20/h5,7,9,11H,4,6,8H2,1-3H3,(H,16,21). The van der Waals surface area contributed by atoms with Gasteiger partial charge in [-0.2, -0.15) is 10.2 Å². The minimum Gasteiger partial charge on any atom is -0.348 e. The van der Waals surface area contributed by atoms with Crippen LogP contribution in [0.25, 0.3) is 0 Å². The third kappa shape index (κ3) is 4.17. The van der Waals surface area contributed by atoms with Crippen LogP contribution in [0.15, 0.2) is 22.9 Å². The molecule has 7 heteroatoms. The molecule has 0 radical (unpaired) electrons. The number of carbonyl (C=O) groups excluding carboxylic acids is 1. The zero-order chi connectivity index (χ0) is 15.4. The average molecular weight is 354 g/mol. The van der Waals surface area contributed by atoms with Gasteiger partial charge in [-0.25, -0.2) is 0 Å². The molecule has 0 saturated carbocycles. The summed E-state index contributed by atoms with van der Waals surface area (Å²) in [7, 11) is 0. The summed E-state index contributed by atoms with van der Waals surface area (Å²) >= 11 is 3.41. The summed E-state index contributed by atoms with van der Waals surface area (Å²) in [5, 5.41) is 11.7. The van der Waals surface area contributed by atoms with Gasteiger partial charge in [0.25, 0.3) is 0 Å². The Hall–Kier alpha value is -1.63. The zero-order valence-electron chi connectivity index (χ0n) is 12.5. The molecule has 6 nitrogen and oxygen atoms in total. The van der Waals surface area contributed by atoms with Gasteiger partial charge in [-0.15, -0.1) is 0 Å². The fourth-order valence-corrected chi connectivity index (χ4v) is 2.31. The van der Waals surface area contributed by atoms with Gasteiger partial charge in [0.1, 0.15) is 0 Å². The highest BCUT2D eigenvalue weighted by atomic mass is 79.9. The maximum Gasteiger partial charge on any atom is 0.222 e. The minimum atomic E-state index is -0.0867. The number of aromatic nitrogens is 4. The number of halogens is 1. The Morgan fingerprint density at radius 3 is 2.76 bits per heavy atom. The Bertz CT molecular complexity index is 599. The van der Waals surface area contributed by atoms with Gasteiger partial charge in [0.05, 0.1) is 21.9 Å². The molecule has 0 aliphatic carbocycles. The van der Waals surface area contributed by atoms with E-state index >= 15 is 0 Å². The number of nitrogens with one attached hydrogen (secondary N) is 1. The second kappa shape index (κ2) is 6.89. The monoisotopic (exact) mass is 353 g/mol. The molecule has 21 heavy (non-hydrogen) atoms. The van der Waals surface area contributed by atoms with Crippen LogP contribution in [0.2, 0.25) is 0 Å². The van der Waals surface area contributed by atoms with E-state index in [4.69, 9.17) is 0 Å². The first-order valence-corrected chi connectivity index (χ1v) is 7.81. The van der Waals surface area contributed by atoms with Crippen LogP contribution in [-0.2, 0) is 17.9 Å². The van der Waals surface area contributed by atoms with E-state index in [9.17, 15) is 4.79 Å². The van der Waals surface area contributed by atoms with Crippen molar-refractivity contribution in [3.63, 3.8) is 0 Å². The highest BCUT2D eigenvalue weighted by Crippen LogP contribution is 2.13. The van der Waals surface area contributed by atoms with Crippen molar-refractivity contribution in [3.05, 3.63) is 34.3 Å². The van der Waals surface area contributed by atoms with Crippen molar-refractivity contribution in [2.75, 3.05) is 0 Å². The van der Waals surface area contributed by atoms with Crippen molar-refractivity contribution in [2.24, 2.45) is 0 Å². The van der Waals surface area contributed by atoms with Crippen LogP contribution in [0.4, 0.5) is 0 Å². The van der Waals surface area contributed by atoms with Crippen LogP contribution in [0.3, 0.4) is 0 Å². The topological polar surface area (TPSA) is 64.7 Å². The number of rotatable bonds is 6. The van der Waals surface area contributed by atoms with Gasteiger partial charge >= 0.3 is 0 Å². The zero-order valence-corrected chi connectivity index (χ0v) is 14.1. The van der Waals surface area contributed by atoms with Crippen molar-refractivity contribution in [1.29, 1.82) is 0 Å². The SMILES string of the molecule is CCn1ccc(C(C)NC(=O)CCn2cc(Br)c(C)n2)n1. The third-order valence-corrected chi connectivity index (χ3v) is 4.04. The Kier molecular flexibility index (Phi) is 5.17. The summed E-state index contributed by atoms with van der Waals surface area (Å²) in [4.78, 5) is 12.0. The molecule has 1 atom stereocenters. The van der Waals surface area contributed by atoms with Crippen molar-refractivity contribution in [1.82, 2.24) is 24.9 Å². The molecule has 2 heterocycles. The number of hydrogen-bond donors (Lipinski definition) is 1. The minimum absolute atomic E-state index is 0.00201. The molecule has 1 amide bonds. The van der Waals surface area contributed by atoms with Crippen molar-refractivity contribution >= 4 is 21.8 Å². The van der Waals surface area contributed by atoms with Crippen molar-refractivity contribution < 1.29 is 4.79 Å². The predicted molar refractivity (Wildman–Crippen MR) is 83.7 cm³/mol. The molecule has 0 spiro atoms. The van der Waals surface area contributed by atoms with Crippen LogP contribution in [-0.4, -0.2) is 25.5 Å². The van der Waals surface area contributed by atoms with Crippen LogP contribution in [0.5, 0.6) is 0 Å². The molecule has 1 N–H and O–H groups in total. The summed E-state index contributed by atoms with van der Waals surface area (Å²) in [5.74, 6) is -0.00201. The fraction of sp³-hybridized carbons (Fsp3) is 0.500. The van der Waals surface area contributed by atoms with E-state index in [1.807, 2.05) is 43.9 Å². The predicted octanol–water partition coefficient (Wildman–Crippen LogP) is 2.44. The summed E-state index contributed by atoms with van der Waals surface area (Å²) in [6.45, 7) is 7.29. The molecule has 114 valence electrons. The van der Waals surface area contributed by atoms with Gasteiger partial charge in [-0.3, -0.25) is 14.2 Å². The van der Waals surface area contributed by atoms with Crippen LogP contribution in [0.1, 0.15) is 37.7 Å². The molecule has 1 unspecified atom stereocenters. The maximum absolute atomic E-state index is 12.0. The van der Waals surface area contributed by atoms with Crippen LogP contribution in [0, 0.1) is 6.92 Å². The normalized spacial score (nSPS) is 12.4. The molecule has 0 aliphatic heterocycles. The Balaban J connectivity index is 1.83. The molecule has 0 aliphatic rings. The van der Waals surface area contributed by atoms with Crippen LogP contribution < -0.4 is 5.32 Å². The average Bonchev–Trinajstić information content (AvgIpc) is 3.04. The fourth-order valence-electron chi connectivity index (χ4n) is 2.00. The third-order valence-electron chi connectivity index (χ3n) is 3.26. The molecule has 2 rings (SSSR count). The lowest BCUT2D eigenvalue weighted by molar-refractivity contribution is -0.122. The molecule has 0 bridgehead atoms. The summed E-state index contributed by atoms with van der Waals surface area (Å²) in [6.07, 6.45) is 4.20. The molecule has 2 aromatic heterocycles. The number of carbonyl (C=O) groups is 1. The second-order valence-corrected chi connectivity index (χ2v) is 5.82. The van der Waals surface area contributed by atoms with Gasteiger partial charge in [-0.1, -0.05) is 0 Å². The van der Waals surface area contributed by atoms with E-state index in [0.29, 0.717) is 13.0 Å². The Morgan fingerprint density at radius 2 is 2.19 bits per heavy atom. The summed E-state index contributed by atoms with van der Waals surface area (Å²) in [6, 6.07) is 1.85. The largest absolute Gasteiger partial charge is 0.348 e. The number of nitrogens with zero attached hydrogens (tertiary/aromatic N) is 4.